The molecule has 0 atom stereocenters. The zero-order chi connectivity index (χ0) is 12.7. The first kappa shape index (κ1) is 12.6. The Morgan fingerprint density at radius 1 is 1.29 bits per heavy atom. The van der Waals surface area contributed by atoms with Crippen molar-refractivity contribution in [2.75, 3.05) is 0 Å². The lowest BCUT2D eigenvalue weighted by Crippen LogP contribution is -2.35. The molecule has 1 aliphatic rings. The molecule has 17 heavy (non-hydrogen) atoms. The van der Waals surface area contributed by atoms with Gasteiger partial charge in [-0.1, -0.05) is 27.7 Å². The van der Waals surface area contributed by atoms with Gasteiger partial charge < -0.3 is 9.67 Å². The Morgan fingerprint density at radius 2 is 1.88 bits per heavy atom. The second-order valence-corrected chi connectivity index (χ2v) is 7.02. The summed E-state index contributed by atoms with van der Waals surface area (Å²) < 4.78 is 2.17. The first-order valence-electron chi connectivity index (χ1n) is 6.45. The maximum Gasteiger partial charge on any atom is 0.0951 e. The van der Waals surface area contributed by atoms with E-state index in [1.54, 1.807) is 6.20 Å². The number of aliphatic hydroxyl groups is 1. The summed E-state index contributed by atoms with van der Waals surface area (Å²) >= 11 is 0. The van der Waals surface area contributed by atoms with E-state index in [4.69, 9.17) is 0 Å². The smallest absolute Gasteiger partial charge is 0.0951 e. The molecule has 0 unspecified atom stereocenters. The van der Waals surface area contributed by atoms with Crippen LogP contribution in [0, 0.1) is 10.8 Å². The van der Waals surface area contributed by atoms with Crippen LogP contribution in [-0.2, 0) is 6.61 Å². The van der Waals surface area contributed by atoms with Gasteiger partial charge in [0.15, 0.2) is 0 Å². The molecule has 1 aromatic heterocycles. The fraction of sp³-hybridized carbons (Fsp3) is 0.786. The molecule has 0 spiro atoms. The number of rotatable bonds is 2. The van der Waals surface area contributed by atoms with E-state index in [0.717, 1.165) is 5.69 Å². The molecule has 0 amide bonds. The predicted octanol–water partition coefficient (Wildman–Crippen LogP) is 3.15. The van der Waals surface area contributed by atoms with Gasteiger partial charge in [-0.2, -0.15) is 0 Å². The van der Waals surface area contributed by atoms with Crippen molar-refractivity contribution >= 4 is 0 Å². The molecule has 0 saturated heterocycles. The van der Waals surface area contributed by atoms with Crippen LogP contribution in [0.3, 0.4) is 0 Å². The summed E-state index contributed by atoms with van der Waals surface area (Å²) in [7, 11) is 0. The third kappa shape index (κ3) is 2.71. The summed E-state index contributed by atoms with van der Waals surface area (Å²) in [4.78, 5) is 4.17. The van der Waals surface area contributed by atoms with Gasteiger partial charge in [-0.25, -0.2) is 4.98 Å². The average Bonchev–Trinajstić information content (AvgIpc) is 2.59. The Bertz CT molecular complexity index is 377. The highest BCUT2D eigenvalue weighted by molar-refractivity contribution is 5.02. The van der Waals surface area contributed by atoms with Crippen LogP contribution in [0.2, 0.25) is 0 Å². The van der Waals surface area contributed by atoms with Crippen molar-refractivity contribution < 1.29 is 5.11 Å². The molecular weight excluding hydrogens is 212 g/mol. The van der Waals surface area contributed by atoms with Crippen LogP contribution in [0.25, 0.3) is 0 Å². The van der Waals surface area contributed by atoms with Crippen LogP contribution in [0.5, 0.6) is 0 Å². The molecule has 1 fully saturated rings. The van der Waals surface area contributed by atoms with Gasteiger partial charge in [-0.15, -0.1) is 0 Å². The number of hydrogen-bond acceptors (Lipinski definition) is 2. The van der Waals surface area contributed by atoms with E-state index in [9.17, 15) is 5.11 Å². The third-order valence-electron chi connectivity index (χ3n) is 3.84. The maximum atomic E-state index is 9.34. The minimum absolute atomic E-state index is 0.0807. The van der Waals surface area contributed by atoms with Crippen molar-refractivity contribution in [2.45, 2.75) is 59.6 Å². The zero-order valence-corrected chi connectivity index (χ0v) is 11.4. The quantitative estimate of drug-likeness (QED) is 0.856. The highest BCUT2D eigenvalue weighted by Gasteiger charge is 2.39. The summed E-state index contributed by atoms with van der Waals surface area (Å²) in [6.07, 6.45) is 7.24. The van der Waals surface area contributed by atoms with E-state index in [0.29, 0.717) is 16.9 Å². The Kier molecular flexibility index (Phi) is 3.06. The van der Waals surface area contributed by atoms with Crippen LogP contribution in [0.15, 0.2) is 12.5 Å². The molecule has 3 nitrogen and oxygen atoms in total. The molecular formula is C14H24N2O. The van der Waals surface area contributed by atoms with E-state index >= 15 is 0 Å². The molecule has 0 bridgehead atoms. The van der Waals surface area contributed by atoms with Crippen molar-refractivity contribution in [3.8, 4) is 0 Å². The van der Waals surface area contributed by atoms with Gasteiger partial charge in [-0.3, -0.25) is 0 Å². The van der Waals surface area contributed by atoms with Crippen LogP contribution in [-0.4, -0.2) is 14.7 Å². The van der Waals surface area contributed by atoms with Crippen LogP contribution in [0.4, 0.5) is 0 Å². The average molecular weight is 236 g/mol. The van der Waals surface area contributed by atoms with E-state index in [1.807, 2.05) is 6.33 Å². The third-order valence-corrected chi connectivity index (χ3v) is 3.84. The topological polar surface area (TPSA) is 38.0 Å². The van der Waals surface area contributed by atoms with E-state index in [-0.39, 0.29) is 6.61 Å². The van der Waals surface area contributed by atoms with Gasteiger partial charge in [0.1, 0.15) is 0 Å². The SMILES string of the molecule is CC1(C)CC(n2cncc2CO)CC(C)(C)C1. The lowest BCUT2D eigenvalue weighted by molar-refractivity contribution is 0.0696. The van der Waals surface area contributed by atoms with Gasteiger partial charge in [0.05, 0.1) is 24.8 Å². The standard InChI is InChI=1S/C14H24N2O/c1-13(2)5-11(6-14(3,4)9-13)16-10-15-7-12(16)8-17/h7,10-11,17H,5-6,8-9H2,1-4H3. The fourth-order valence-electron chi connectivity index (χ4n) is 3.77. The van der Waals surface area contributed by atoms with E-state index < -0.39 is 0 Å². The summed E-state index contributed by atoms with van der Waals surface area (Å²) in [6.45, 7) is 9.46. The Balaban J connectivity index is 2.27. The number of aliphatic hydroxyl groups excluding tert-OH is 1. The highest BCUT2D eigenvalue weighted by atomic mass is 16.3. The minimum Gasteiger partial charge on any atom is -0.390 e. The van der Waals surface area contributed by atoms with Gasteiger partial charge in [0.25, 0.3) is 0 Å². The van der Waals surface area contributed by atoms with Gasteiger partial charge in [-0.05, 0) is 30.1 Å². The highest BCUT2D eigenvalue weighted by Crippen LogP contribution is 2.50. The summed E-state index contributed by atoms with van der Waals surface area (Å²) in [6, 6.07) is 0.471. The molecule has 0 aromatic carbocycles. The first-order valence-corrected chi connectivity index (χ1v) is 6.45. The Labute approximate surface area is 104 Å². The van der Waals surface area contributed by atoms with Crippen LogP contribution < -0.4 is 0 Å². The lowest BCUT2D eigenvalue weighted by atomic mass is 9.63. The van der Waals surface area contributed by atoms with Gasteiger partial charge in [0, 0.05) is 6.04 Å². The van der Waals surface area contributed by atoms with E-state index in [1.165, 1.54) is 19.3 Å². The van der Waals surface area contributed by atoms with Crippen molar-refractivity contribution in [1.29, 1.82) is 0 Å². The molecule has 0 radical (unpaired) electrons. The Hall–Kier alpha value is -0.830. The largest absolute Gasteiger partial charge is 0.390 e. The van der Waals surface area contributed by atoms with Crippen molar-refractivity contribution in [1.82, 2.24) is 9.55 Å². The monoisotopic (exact) mass is 236 g/mol. The maximum absolute atomic E-state index is 9.34. The molecule has 1 saturated carbocycles. The molecule has 1 heterocycles. The second-order valence-electron chi connectivity index (χ2n) is 7.02. The van der Waals surface area contributed by atoms with Crippen LogP contribution in [0.1, 0.15) is 58.7 Å². The van der Waals surface area contributed by atoms with Crippen molar-refractivity contribution in [3.63, 3.8) is 0 Å². The van der Waals surface area contributed by atoms with Crippen molar-refractivity contribution in [2.24, 2.45) is 10.8 Å². The minimum atomic E-state index is 0.0807. The van der Waals surface area contributed by atoms with Crippen molar-refractivity contribution in [3.05, 3.63) is 18.2 Å². The number of hydrogen-bond donors (Lipinski definition) is 1. The number of imidazole rings is 1. The molecule has 96 valence electrons. The summed E-state index contributed by atoms with van der Waals surface area (Å²) in [5.74, 6) is 0. The number of nitrogens with zero attached hydrogens (tertiary/aromatic N) is 2. The molecule has 1 aromatic rings. The summed E-state index contributed by atoms with van der Waals surface area (Å²) in [5, 5.41) is 9.34. The zero-order valence-electron chi connectivity index (χ0n) is 11.4. The lowest BCUT2D eigenvalue weighted by Gasteiger charge is -2.45. The van der Waals surface area contributed by atoms with Gasteiger partial charge in [0.2, 0.25) is 0 Å². The second kappa shape index (κ2) is 4.13. The number of aromatic nitrogens is 2. The molecule has 1 aliphatic carbocycles. The normalized spacial score (nSPS) is 23.8. The first-order chi connectivity index (χ1) is 7.83. The van der Waals surface area contributed by atoms with Gasteiger partial charge >= 0.3 is 0 Å². The predicted molar refractivity (Wildman–Crippen MR) is 68.6 cm³/mol. The summed E-state index contributed by atoms with van der Waals surface area (Å²) in [5.41, 5.74) is 1.66. The van der Waals surface area contributed by atoms with E-state index in [2.05, 4.69) is 37.2 Å². The molecule has 1 N–H and O–H groups in total. The Morgan fingerprint density at radius 3 is 2.41 bits per heavy atom. The fourth-order valence-corrected chi connectivity index (χ4v) is 3.77. The molecule has 2 rings (SSSR count). The molecule has 0 aliphatic heterocycles. The molecule has 3 heteroatoms. The van der Waals surface area contributed by atoms with Crippen LogP contribution >= 0.6 is 0 Å².